The molecule has 4 heterocycles. The first-order valence-corrected chi connectivity index (χ1v) is 17.7. The van der Waals surface area contributed by atoms with Gasteiger partial charge in [-0.1, -0.05) is 0 Å². The molecule has 3 saturated carbocycles. The molecule has 1 atom stereocenters. The van der Waals surface area contributed by atoms with Gasteiger partial charge < -0.3 is 23.9 Å². The summed E-state index contributed by atoms with van der Waals surface area (Å²) in [5.41, 5.74) is 3.69. The fourth-order valence-corrected chi connectivity index (χ4v) is 7.60. The average Bonchev–Trinajstić information content (AvgIpc) is 3.83. The number of nitrogens with zero attached hydrogens (tertiary/aromatic N) is 5. The number of methoxy groups -OCH3 is 1. The zero-order valence-electron chi connectivity index (χ0n) is 28.1. The molecule has 1 aliphatic heterocycles. The Bertz CT molecular complexity index is 1590. The Morgan fingerprint density at radius 2 is 1.75 bits per heavy atom. The Kier molecular flexibility index (Phi) is 9.66. The fourth-order valence-electron chi connectivity index (χ4n) is 7.60. The van der Waals surface area contributed by atoms with Crippen LogP contribution in [0.15, 0.2) is 41.1 Å². The highest BCUT2D eigenvalue weighted by atomic mass is 16.6. The van der Waals surface area contributed by atoms with Crippen LogP contribution in [0, 0.1) is 18.8 Å². The van der Waals surface area contributed by atoms with Gasteiger partial charge in [-0.2, -0.15) is 0 Å². The van der Waals surface area contributed by atoms with E-state index in [-0.39, 0.29) is 36.7 Å². The number of hydrogen-bond donors (Lipinski definition) is 1. The number of rotatable bonds is 10. The third-order valence-corrected chi connectivity index (χ3v) is 10.9. The van der Waals surface area contributed by atoms with Crippen LogP contribution >= 0.6 is 0 Å². The maximum absolute atomic E-state index is 14.4. The molecule has 3 aromatic heterocycles. The molecule has 0 spiro atoms. The van der Waals surface area contributed by atoms with E-state index in [1.54, 1.807) is 24.5 Å². The van der Waals surface area contributed by atoms with Crippen LogP contribution in [0.1, 0.15) is 99.7 Å². The van der Waals surface area contributed by atoms with Crippen molar-refractivity contribution in [2.75, 3.05) is 31.7 Å². The highest BCUT2D eigenvalue weighted by Gasteiger charge is 2.37. The van der Waals surface area contributed by atoms with Crippen LogP contribution in [0.5, 0.6) is 5.75 Å². The molecule has 3 aliphatic carbocycles. The third kappa shape index (κ3) is 7.06. The first-order chi connectivity index (χ1) is 23.4. The van der Waals surface area contributed by atoms with Gasteiger partial charge in [0.2, 0.25) is 5.91 Å². The molecule has 3 aromatic rings. The minimum Gasteiger partial charge on any atom is -0.495 e. The summed E-state index contributed by atoms with van der Waals surface area (Å²) < 4.78 is 17.0. The van der Waals surface area contributed by atoms with Gasteiger partial charge in [0.05, 0.1) is 25.5 Å². The number of carbonyl (C=O) groups excluding carboxylic acids is 2. The van der Waals surface area contributed by atoms with Crippen LogP contribution in [-0.4, -0.2) is 75.9 Å². The van der Waals surface area contributed by atoms with Crippen molar-refractivity contribution in [2.45, 2.75) is 102 Å². The molecule has 0 bridgehead atoms. The lowest BCUT2D eigenvalue weighted by atomic mass is 9.79. The standard InChI is InChI=1S/C37H47N5O6/c1-23-33(46-2)14-13-31(39-23)25-5-3-24(4-6-25)20-42(34-19-28(15-17-38-34)32-22-47-35(40-32)26-7-8-26)36(44)27-9-11-30(12-10-27)48-37(45)41-18-16-29(41)21-43/h13-15,17,19,22,24-27,29-30,43H,3-12,16,18,20-21H2,1-2H3. The van der Waals surface area contributed by atoms with Crippen molar-refractivity contribution in [3.63, 3.8) is 0 Å². The van der Waals surface area contributed by atoms with E-state index in [4.69, 9.17) is 28.8 Å². The number of aryl methyl sites for hydroxylation is 1. The normalized spacial score (nSPS) is 25.6. The van der Waals surface area contributed by atoms with E-state index in [2.05, 4.69) is 6.07 Å². The van der Waals surface area contributed by atoms with Crippen molar-refractivity contribution in [3.05, 3.63) is 54.0 Å². The van der Waals surface area contributed by atoms with E-state index in [1.165, 1.54) is 0 Å². The number of likely N-dealkylation sites (tertiary alicyclic amines) is 1. The quantitative estimate of drug-likeness (QED) is 0.263. The van der Waals surface area contributed by atoms with E-state index in [0.717, 1.165) is 79.2 Å². The molecule has 2 amide bonds. The van der Waals surface area contributed by atoms with E-state index in [1.807, 2.05) is 30.0 Å². The van der Waals surface area contributed by atoms with Crippen molar-refractivity contribution in [3.8, 4) is 17.0 Å². The number of carbonyl (C=O) groups is 2. The van der Waals surface area contributed by atoms with Gasteiger partial charge in [-0.05, 0) is 108 Å². The van der Waals surface area contributed by atoms with Crippen LogP contribution < -0.4 is 9.64 Å². The second-order valence-electron chi connectivity index (χ2n) is 14.1. The zero-order chi connectivity index (χ0) is 33.2. The largest absolute Gasteiger partial charge is 0.495 e. The van der Waals surface area contributed by atoms with Gasteiger partial charge >= 0.3 is 6.09 Å². The molecule has 256 valence electrons. The molecule has 1 saturated heterocycles. The summed E-state index contributed by atoms with van der Waals surface area (Å²) in [6.45, 7) is 3.17. The predicted molar refractivity (Wildman–Crippen MR) is 179 cm³/mol. The maximum atomic E-state index is 14.4. The third-order valence-electron chi connectivity index (χ3n) is 10.9. The molecule has 1 unspecified atom stereocenters. The number of aliphatic hydroxyl groups excluding tert-OH is 1. The van der Waals surface area contributed by atoms with Crippen molar-refractivity contribution < 1.29 is 28.6 Å². The van der Waals surface area contributed by atoms with Crippen molar-refractivity contribution in [1.29, 1.82) is 0 Å². The summed E-state index contributed by atoms with van der Waals surface area (Å²) in [6.07, 6.45) is 12.6. The number of pyridine rings is 2. The van der Waals surface area contributed by atoms with Crippen LogP contribution in [-0.2, 0) is 9.53 Å². The molecule has 0 radical (unpaired) electrons. The van der Waals surface area contributed by atoms with Gasteiger partial charge in [-0.3, -0.25) is 14.7 Å². The number of hydrogen-bond acceptors (Lipinski definition) is 9. The molecule has 7 rings (SSSR count). The van der Waals surface area contributed by atoms with Crippen LogP contribution in [0.2, 0.25) is 0 Å². The summed E-state index contributed by atoms with van der Waals surface area (Å²) in [6, 6.07) is 7.85. The molecule has 48 heavy (non-hydrogen) atoms. The van der Waals surface area contributed by atoms with Crippen molar-refractivity contribution in [2.24, 2.45) is 11.8 Å². The second-order valence-corrected chi connectivity index (χ2v) is 14.1. The van der Waals surface area contributed by atoms with Crippen LogP contribution in [0.3, 0.4) is 0 Å². The lowest BCUT2D eigenvalue weighted by molar-refractivity contribution is -0.124. The van der Waals surface area contributed by atoms with E-state index >= 15 is 0 Å². The van der Waals surface area contributed by atoms with Crippen LogP contribution in [0.25, 0.3) is 11.3 Å². The van der Waals surface area contributed by atoms with E-state index in [0.29, 0.717) is 62.3 Å². The lowest BCUT2D eigenvalue weighted by Crippen LogP contribution is -2.53. The van der Waals surface area contributed by atoms with Gasteiger partial charge in [-0.25, -0.2) is 14.8 Å². The van der Waals surface area contributed by atoms with Gasteiger partial charge in [0.25, 0.3) is 0 Å². The summed E-state index contributed by atoms with van der Waals surface area (Å²) in [5, 5.41) is 9.46. The molecule has 0 aromatic carbocycles. The predicted octanol–water partition coefficient (Wildman–Crippen LogP) is 6.40. The zero-order valence-corrected chi connectivity index (χ0v) is 28.1. The molecular weight excluding hydrogens is 610 g/mol. The Morgan fingerprint density at radius 3 is 2.42 bits per heavy atom. The summed E-state index contributed by atoms with van der Waals surface area (Å²) in [7, 11) is 1.67. The van der Waals surface area contributed by atoms with Crippen LogP contribution in [0.4, 0.5) is 10.6 Å². The SMILES string of the molecule is COc1ccc(C2CCC(CN(C(=O)C3CCC(OC(=O)N4CCC4CO)CC3)c3cc(-c4coc(C5CC5)n4)ccn3)CC2)nc1C. The number of aliphatic hydroxyl groups is 1. The number of ether oxygens (including phenoxy) is 2. The molecule has 11 heteroatoms. The Hall–Kier alpha value is -3.99. The minimum atomic E-state index is -0.356. The summed E-state index contributed by atoms with van der Waals surface area (Å²) in [5.74, 6) is 3.31. The monoisotopic (exact) mass is 657 g/mol. The molecule has 1 N–H and O–H groups in total. The Morgan fingerprint density at radius 1 is 0.979 bits per heavy atom. The lowest BCUT2D eigenvalue weighted by Gasteiger charge is -2.40. The average molecular weight is 658 g/mol. The Balaban J connectivity index is 1.04. The smallest absolute Gasteiger partial charge is 0.410 e. The first kappa shape index (κ1) is 32.6. The molecule has 11 nitrogen and oxygen atoms in total. The van der Waals surface area contributed by atoms with Gasteiger partial charge in [0.15, 0.2) is 5.89 Å². The summed E-state index contributed by atoms with van der Waals surface area (Å²) in [4.78, 5) is 44.8. The number of aromatic nitrogens is 3. The van der Waals surface area contributed by atoms with E-state index < -0.39 is 0 Å². The molecule has 4 aliphatic rings. The topological polar surface area (TPSA) is 131 Å². The summed E-state index contributed by atoms with van der Waals surface area (Å²) >= 11 is 0. The fraction of sp³-hybridized carbons (Fsp3) is 0.595. The number of oxazole rings is 1. The number of anilines is 1. The second kappa shape index (κ2) is 14.2. The van der Waals surface area contributed by atoms with Crippen molar-refractivity contribution >= 4 is 17.8 Å². The van der Waals surface area contributed by atoms with Crippen molar-refractivity contribution in [1.82, 2.24) is 19.9 Å². The molecule has 4 fully saturated rings. The highest BCUT2D eigenvalue weighted by molar-refractivity contribution is 5.94. The van der Waals surface area contributed by atoms with Gasteiger partial charge in [0, 0.05) is 48.3 Å². The van der Waals surface area contributed by atoms with Gasteiger partial charge in [-0.15, -0.1) is 0 Å². The maximum Gasteiger partial charge on any atom is 0.410 e. The number of amides is 2. The highest BCUT2D eigenvalue weighted by Crippen LogP contribution is 2.41. The molecular formula is C37H47N5O6. The van der Waals surface area contributed by atoms with Gasteiger partial charge in [0.1, 0.15) is 29.6 Å². The van der Waals surface area contributed by atoms with E-state index in [9.17, 15) is 14.7 Å². The Labute approximate surface area is 282 Å². The minimum absolute atomic E-state index is 0.0422. The first-order valence-electron chi connectivity index (χ1n) is 17.7.